The molecule has 1 saturated heterocycles. The molecule has 0 aromatic carbocycles. The second kappa shape index (κ2) is 6.55. The third-order valence-electron chi connectivity index (χ3n) is 5.58. The summed E-state index contributed by atoms with van der Waals surface area (Å²) in [6.07, 6.45) is 8.48. The topological polar surface area (TPSA) is 24.5 Å². The summed E-state index contributed by atoms with van der Waals surface area (Å²) in [6, 6.07) is 0.699. The summed E-state index contributed by atoms with van der Waals surface area (Å²) < 4.78 is 5.39. The molecule has 2 bridgehead atoms. The van der Waals surface area contributed by atoms with Gasteiger partial charge in [-0.05, 0) is 56.9 Å². The first-order valence-electron chi connectivity index (χ1n) is 8.31. The first kappa shape index (κ1) is 13.8. The fourth-order valence-electron chi connectivity index (χ4n) is 4.45. The first-order chi connectivity index (χ1) is 9.31. The number of hydrogen-bond donors (Lipinski definition) is 1. The van der Waals surface area contributed by atoms with Crippen LogP contribution < -0.4 is 5.32 Å². The summed E-state index contributed by atoms with van der Waals surface area (Å²) in [5, 5.41) is 3.69. The molecule has 3 rings (SSSR count). The Balaban J connectivity index is 1.29. The Morgan fingerprint density at radius 3 is 2.63 bits per heavy atom. The van der Waals surface area contributed by atoms with Crippen LogP contribution in [0, 0.1) is 17.8 Å². The van der Waals surface area contributed by atoms with Gasteiger partial charge in [-0.1, -0.05) is 6.42 Å². The van der Waals surface area contributed by atoms with E-state index in [0.717, 1.165) is 37.5 Å². The van der Waals surface area contributed by atoms with Gasteiger partial charge in [0.1, 0.15) is 0 Å². The predicted molar refractivity (Wildman–Crippen MR) is 78.3 cm³/mol. The summed E-state index contributed by atoms with van der Waals surface area (Å²) in [5.74, 6) is 3.16. The molecule has 0 radical (unpaired) electrons. The van der Waals surface area contributed by atoms with Gasteiger partial charge in [0.25, 0.3) is 0 Å². The lowest BCUT2D eigenvalue weighted by Gasteiger charge is -2.28. The van der Waals surface area contributed by atoms with Crippen molar-refractivity contribution in [3.63, 3.8) is 0 Å². The molecule has 3 atom stereocenters. The maximum atomic E-state index is 5.39. The Labute approximate surface area is 118 Å². The Kier molecular flexibility index (Phi) is 4.78. The van der Waals surface area contributed by atoms with Crippen molar-refractivity contribution in [2.24, 2.45) is 17.8 Å². The van der Waals surface area contributed by atoms with Crippen LogP contribution in [0.15, 0.2) is 0 Å². The number of ether oxygens (including phenoxy) is 1. The molecule has 1 aliphatic heterocycles. The van der Waals surface area contributed by atoms with Gasteiger partial charge in [-0.15, -0.1) is 0 Å². The Morgan fingerprint density at radius 2 is 1.95 bits per heavy atom. The van der Waals surface area contributed by atoms with Crippen molar-refractivity contribution >= 4 is 0 Å². The van der Waals surface area contributed by atoms with Crippen molar-refractivity contribution in [2.45, 2.75) is 44.6 Å². The molecule has 2 aliphatic carbocycles. The number of hydrogen-bond acceptors (Lipinski definition) is 3. The number of nitrogens with one attached hydrogen (secondary N) is 1. The van der Waals surface area contributed by atoms with Gasteiger partial charge in [-0.2, -0.15) is 0 Å². The van der Waals surface area contributed by atoms with Crippen molar-refractivity contribution in [1.82, 2.24) is 10.2 Å². The Hall–Kier alpha value is -0.120. The van der Waals surface area contributed by atoms with Crippen molar-refractivity contribution in [2.75, 3.05) is 39.9 Å². The highest BCUT2D eigenvalue weighted by molar-refractivity contribution is 4.91. The molecule has 3 unspecified atom stereocenters. The minimum Gasteiger partial charge on any atom is -0.381 e. The lowest BCUT2D eigenvalue weighted by Crippen LogP contribution is -2.40. The molecular weight excluding hydrogens is 236 g/mol. The molecule has 3 aliphatic rings. The van der Waals surface area contributed by atoms with Crippen molar-refractivity contribution < 1.29 is 4.74 Å². The maximum Gasteiger partial charge on any atom is 0.0480 e. The van der Waals surface area contributed by atoms with E-state index in [1.165, 1.54) is 45.2 Å². The summed E-state index contributed by atoms with van der Waals surface area (Å²) in [7, 11) is 2.30. The van der Waals surface area contributed by atoms with Gasteiger partial charge in [0.2, 0.25) is 0 Å². The van der Waals surface area contributed by atoms with Gasteiger partial charge in [-0.25, -0.2) is 0 Å². The average Bonchev–Trinajstić information content (AvgIpc) is 3.02. The third-order valence-corrected chi connectivity index (χ3v) is 5.58. The van der Waals surface area contributed by atoms with E-state index in [1.54, 1.807) is 6.42 Å². The van der Waals surface area contributed by atoms with E-state index in [1.807, 2.05) is 0 Å². The average molecular weight is 266 g/mol. The Bertz CT molecular complexity index is 278. The van der Waals surface area contributed by atoms with Gasteiger partial charge in [0, 0.05) is 38.9 Å². The van der Waals surface area contributed by atoms with Gasteiger partial charge < -0.3 is 15.0 Å². The SMILES string of the molecule is CN(CCNC1CCOCC1)CC1CC2CCC1C2. The summed E-state index contributed by atoms with van der Waals surface area (Å²) in [6.45, 7) is 5.56. The molecule has 19 heavy (non-hydrogen) atoms. The smallest absolute Gasteiger partial charge is 0.0480 e. The standard InChI is InChI=1S/C16H30N2O/c1-18(7-6-17-16-4-8-19-9-5-16)12-15-11-13-2-3-14(15)10-13/h13-17H,2-12H2,1H3. The molecule has 110 valence electrons. The molecule has 0 aromatic heterocycles. The minimum atomic E-state index is 0.699. The Morgan fingerprint density at radius 1 is 1.11 bits per heavy atom. The van der Waals surface area contributed by atoms with E-state index in [4.69, 9.17) is 4.74 Å². The lowest BCUT2D eigenvalue weighted by atomic mass is 9.88. The number of fused-ring (bicyclic) bond motifs is 2. The molecule has 1 N–H and O–H groups in total. The second-order valence-electron chi connectivity index (χ2n) is 7.04. The van der Waals surface area contributed by atoms with Crippen LogP contribution in [0.5, 0.6) is 0 Å². The number of rotatable bonds is 6. The van der Waals surface area contributed by atoms with E-state index < -0.39 is 0 Å². The van der Waals surface area contributed by atoms with Gasteiger partial charge in [-0.3, -0.25) is 0 Å². The molecule has 3 fully saturated rings. The van der Waals surface area contributed by atoms with E-state index in [9.17, 15) is 0 Å². The normalized spacial score (nSPS) is 35.4. The summed E-state index contributed by atoms with van der Waals surface area (Å²) in [5.41, 5.74) is 0. The first-order valence-corrected chi connectivity index (χ1v) is 8.31. The molecule has 1 heterocycles. The predicted octanol–water partition coefficient (Wildman–Crippen LogP) is 2.12. The van der Waals surface area contributed by atoms with E-state index >= 15 is 0 Å². The van der Waals surface area contributed by atoms with Crippen molar-refractivity contribution in [3.05, 3.63) is 0 Å². The number of nitrogens with zero attached hydrogens (tertiary/aromatic N) is 1. The van der Waals surface area contributed by atoms with E-state index in [-0.39, 0.29) is 0 Å². The van der Waals surface area contributed by atoms with Gasteiger partial charge >= 0.3 is 0 Å². The monoisotopic (exact) mass is 266 g/mol. The summed E-state index contributed by atoms with van der Waals surface area (Å²) >= 11 is 0. The van der Waals surface area contributed by atoms with Gasteiger partial charge in [0.15, 0.2) is 0 Å². The fraction of sp³-hybridized carbons (Fsp3) is 1.00. The maximum absolute atomic E-state index is 5.39. The van der Waals surface area contributed by atoms with E-state index in [0.29, 0.717) is 6.04 Å². The van der Waals surface area contributed by atoms with Crippen LogP contribution in [-0.4, -0.2) is 50.8 Å². The minimum absolute atomic E-state index is 0.699. The van der Waals surface area contributed by atoms with Crippen LogP contribution in [0.4, 0.5) is 0 Å². The lowest BCUT2D eigenvalue weighted by molar-refractivity contribution is 0.0772. The fourth-order valence-corrected chi connectivity index (χ4v) is 4.45. The van der Waals surface area contributed by atoms with Crippen LogP contribution in [0.3, 0.4) is 0 Å². The molecular formula is C16H30N2O. The zero-order valence-corrected chi connectivity index (χ0v) is 12.4. The highest BCUT2D eigenvalue weighted by Gasteiger charge is 2.39. The van der Waals surface area contributed by atoms with Crippen LogP contribution >= 0.6 is 0 Å². The molecule has 3 nitrogen and oxygen atoms in total. The highest BCUT2D eigenvalue weighted by atomic mass is 16.5. The zero-order valence-electron chi connectivity index (χ0n) is 12.4. The summed E-state index contributed by atoms with van der Waals surface area (Å²) in [4.78, 5) is 2.55. The molecule has 0 amide bonds. The molecule has 0 spiro atoms. The zero-order chi connectivity index (χ0) is 13.1. The second-order valence-corrected chi connectivity index (χ2v) is 7.04. The van der Waals surface area contributed by atoms with Gasteiger partial charge in [0.05, 0.1) is 0 Å². The largest absolute Gasteiger partial charge is 0.381 e. The van der Waals surface area contributed by atoms with Crippen molar-refractivity contribution in [3.8, 4) is 0 Å². The van der Waals surface area contributed by atoms with Crippen LogP contribution in [0.1, 0.15) is 38.5 Å². The molecule has 2 saturated carbocycles. The van der Waals surface area contributed by atoms with Crippen LogP contribution in [0.25, 0.3) is 0 Å². The van der Waals surface area contributed by atoms with Crippen molar-refractivity contribution in [1.29, 1.82) is 0 Å². The molecule has 3 heteroatoms. The quantitative estimate of drug-likeness (QED) is 0.797. The third kappa shape index (κ3) is 3.71. The number of likely N-dealkylation sites (N-methyl/N-ethyl adjacent to an activating group) is 1. The highest BCUT2D eigenvalue weighted by Crippen LogP contribution is 2.48. The van der Waals surface area contributed by atoms with E-state index in [2.05, 4.69) is 17.3 Å². The van der Waals surface area contributed by atoms with Crippen LogP contribution in [-0.2, 0) is 4.74 Å². The van der Waals surface area contributed by atoms with Crippen LogP contribution in [0.2, 0.25) is 0 Å². The molecule has 0 aromatic rings.